The van der Waals surface area contributed by atoms with Gasteiger partial charge < -0.3 is 5.11 Å². The zero-order valence-electron chi connectivity index (χ0n) is 7.47. The van der Waals surface area contributed by atoms with Gasteiger partial charge >= 0.3 is 0 Å². The fourth-order valence-corrected chi connectivity index (χ4v) is 1.33. The van der Waals surface area contributed by atoms with Crippen molar-refractivity contribution in [1.29, 1.82) is 0 Å². The zero-order chi connectivity index (χ0) is 9.97. The van der Waals surface area contributed by atoms with Gasteiger partial charge in [0.05, 0.1) is 5.71 Å². The van der Waals surface area contributed by atoms with Crippen LogP contribution in [0.5, 0.6) is 0 Å². The lowest BCUT2D eigenvalue weighted by Crippen LogP contribution is -2.38. The molecule has 0 bridgehead atoms. The van der Waals surface area contributed by atoms with Crippen LogP contribution in [0, 0.1) is 0 Å². The molecule has 14 heavy (non-hydrogen) atoms. The average molecular weight is 190 g/mol. The van der Waals surface area contributed by atoms with Crippen molar-refractivity contribution >= 4 is 11.6 Å². The summed E-state index contributed by atoms with van der Waals surface area (Å²) in [4.78, 5) is 10.9. The molecule has 0 spiro atoms. The van der Waals surface area contributed by atoms with Crippen molar-refractivity contribution in [3.05, 3.63) is 35.9 Å². The van der Waals surface area contributed by atoms with E-state index in [0.29, 0.717) is 5.71 Å². The molecule has 0 radical (unpaired) electrons. The summed E-state index contributed by atoms with van der Waals surface area (Å²) in [6, 6.07) is 9.47. The SMILES string of the molecule is O=C1NN=C(c2ccccc2)C[C@H]1O. The number of benzene rings is 1. The van der Waals surface area contributed by atoms with Gasteiger partial charge in [0.25, 0.3) is 5.91 Å². The van der Waals surface area contributed by atoms with Crippen molar-refractivity contribution in [2.75, 3.05) is 0 Å². The molecule has 72 valence electrons. The molecule has 4 nitrogen and oxygen atoms in total. The van der Waals surface area contributed by atoms with Gasteiger partial charge in [-0.2, -0.15) is 5.10 Å². The summed E-state index contributed by atoms with van der Waals surface area (Å²) in [6.45, 7) is 0. The molecule has 1 amide bonds. The highest BCUT2D eigenvalue weighted by Gasteiger charge is 2.22. The molecule has 1 aromatic rings. The highest BCUT2D eigenvalue weighted by atomic mass is 16.3. The van der Waals surface area contributed by atoms with Crippen molar-refractivity contribution < 1.29 is 9.90 Å². The lowest BCUT2D eigenvalue weighted by atomic mass is 10.0. The maximum Gasteiger partial charge on any atom is 0.269 e. The third-order valence-electron chi connectivity index (χ3n) is 2.10. The van der Waals surface area contributed by atoms with Crippen LogP contribution in [0.4, 0.5) is 0 Å². The van der Waals surface area contributed by atoms with Gasteiger partial charge in [-0.3, -0.25) is 4.79 Å². The van der Waals surface area contributed by atoms with E-state index in [1.165, 1.54) is 0 Å². The standard InChI is InChI=1S/C10H10N2O2/c13-9-6-8(11-12-10(9)14)7-4-2-1-3-5-7/h1-5,9,13H,6H2,(H,12,14)/t9-/m1/s1. The van der Waals surface area contributed by atoms with E-state index >= 15 is 0 Å². The number of nitrogens with zero attached hydrogens (tertiary/aromatic N) is 1. The van der Waals surface area contributed by atoms with Crippen molar-refractivity contribution in [3.8, 4) is 0 Å². The van der Waals surface area contributed by atoms with Crippen LogP contribution < -0.4 is 5.43 Å². The number of hydrazone groups is 1. The molecule has 4 heteroatoms. The highest BCUT2D eigenvalue weighted by Crippen LogP contribution is 2.09. The maximum atomic E-state index is 10.9. The molecule has 1 atom stereocenters. The molecule has 0 aliphatic carbocycles. The minimum atomic E-state index is -0.984. The lowest BCUT2D eigenvalue weighted by Gasteiger charge is -2.16. The normalized spacial score (nSPS) is 21.4. The third-order valence-corrected chi connectivity index (χ3v) is 2.10. The number of hydrogen-bond donors (Lipinski definition) is 2. The van der Waals surface area contributed by atoms with Crippen molar-refractivity contribution in [3.63, 3.8) is 0 Å². The van der Waals surface area contributed by atoms with Crippen LogP contribution in [0.3, 0.4) is 0 Å². The topological polar surface area (TPSA) is 61.7 Å². The first kappa shape index (κ1) is 8.90. The first-order chi connectivity index (χ1) is 6.77. The minimum Gasteiger partial charge on any atom is -0.383 e. The molecule has 0 unspecified atom stereocenters. The molecule has 0 saturated carbocycles. The highest BCUT2D eigenvalue weighted by molar-refractivity contribution is 6.05. The summed E-state index contributed by atoms with van der Waals surface area (Å²) >= 11 is 0. The van der Waals surface area contributed by atoms with E-state index in [4.69, 9.17) is 0 Å². The van der Waals surface area contributed by atoms with Crippen LogP contribution in [-0.2, 0) is 4.79 Å². The predicted molar refractivity (Wildman–Crippen MR) is 51.7 cm³/mol. The Balaban J connectivity index is 2.25. The fraction of sp³-hybridized carbons (Fsp3) is 0.200. The summed E-state index contributed by atoms with van der Waals surface area (Å²) in [6.07, 6.45) is -0.710. The second-order valence-electron chi connectivity index (χ2n) is 3.12. The van der Waals surface area contributed by atoms with E-state index in [-0.39, 0.29) is 6.42 Å². The van der Waals surface area contributed by atoms with Crippen LogP contribution in [0.2, 0.25) is 0 Å². The number of aliphatic hydroxyl groups is 1. The van der Waals surface area contributed by atoms with E-state index in [1.807, 2.05) is 30.3 Å². The summed E-state index contributed by atoms with van der Waals surface area (Å²) < 4.78 is 0. The lowest BCUT2D eigenvalue weighted by molar-refractivity contribution is -0.129. The third kappa shape index (κ3) is 1.65. The van der Waals surface area contributed by atoms with Gasteiger partial charge in [0.1, 0.15) is 6.10 Å². The van der Waals surface area contributed by atoms with Crippen molar-refractivity contribution in [2.45, 2.75) is 12.5 Å². The number of carbonyl (C=O) groups is 1. The Hall–Kier alpha value is -1.68. The van der Waals surface area contributed by atoms with Gasteiger partial charge in [-0.25, -0.2) is 5.43 Å². The van der Waals surface area contributed by atoms with Crippen molar-refractivity contribution in [2.24, 2.45) is 5.10 Å². The van der Waals surface area contributed by atoms with Crippen LogP contribution in [0.15, 0.2) is 35.4 Å². The number of hydrogen-bond acceptors (Lipinski definition) is 3. The Labute approximate surface area is 81.3 Å². The molecule has 1 heterocycles. The Morgan fingerprint density at radius 3 is 2.71 bits per heavy atom. The van der Waals surface area contributed by atoms with E-state index < -0.39 is 12.0 Å². The van der Waals surface area contributed by atoms with Gasteiger partial charge in [-0.1, -0.05) is 30.3 Å². The van der Waals surface area contributed by atoms with Crippen LogP contribution in [0.1, 0.15) is 12.0 Å². The fourth-order valence-electron chi connectivity index (χ4n) is 1.33. The van der Waals surface area contributed by atoms with E-state index in [9.17, 15) is 9.90 Å². The van der Waals surface area contributed by atoms with Gasteiger partial charge in [0.2, 0.25) is 0 Å². The second-order valence-corrected chi connectivity index (χ2v) is 3.12. The second kappa shape index (κ2) is 3.59. The molecule has 0 fully saturated rings. The van der Waals surface area contributed by atoms with E-state index in [2.05, 4.69) is 10.5 Å². The molecule has 1 aliphatic rings. The number of rotatable bonds is 1. The van der Waals surface area contributed by atoms with E-state index in [0.717, 1.165) is 5.56 Å². The van der Waals surface area contributed by atoms with Gasteiger partial charge in [0, 0.05) is 6.42 Å². The number of carbonyl (C=O) groups excluding carboxylic acids is 1. The van der Waals surface area contributed by atoms with Gasteiger partial charge in [-0.15, -0.1) is 0 Å². The monoisotopic (exact) mass is 190 g/mol. The molecule has 2 N–H and O–H groups in total. The summed E-state index contributed by atoms with van der Waals surface area (Å²) in [7, 11) is 0. The van der Waals surface area contributed by atoms with Crippen LogP contribution >= 0.6 is 0 Å². The number of aliphatic hydroxyl groups excluding tert-OH is 1. The van der Waals surface area contributed by atoms with Gasteiger partial charge in [-0.05, 0) is 5.56 Å². The molecule has 2 rings (SSSR count). The first-order valence-corrected chi connectivity index (χ1v) is 4.37. The van der Waals surface area contributed by atoms with Crippen LogP contribution in [-0.4, -0.2) is 22.8 Å². The predicted octanol–water partition coefficient (Wildman–Crippen LogP) is 0.271. The minimum absolute atomic E-state index is 0.274. The summed E-state index contributed by atoms with van der Waals surface area (Å²) in [5.41, 5.74) is 3.91. The molecule has 0 aromatic heterocycles. The Morgan fingerprint density at radius 2 is 2.07 bits per heavy atom. The van der Waals surface area contributed by atoms with Crippen molar-refractivity contribution in [1.82, 2.24) is 5.43 Å². The first-order valence-electron chi connectivity index (χ1n) is 4.37. The number of amides is 1. The molecular formula is C10H10N2O2. The largest absolute Gasteiger partial charge is 0.383 e. The summed E-state index contributed by atoms with van der Waals surface area (Å²) in [5.74, 6) is -0.440. The quantitative estimate of drug-likeness (QED) is 0.667. The molecule has 1 aromatic carbocycles. The summed E-state index contributed by atoms with van der Waals surface area (Å²) in [5, 5.41) is 13.2. The van der Waals surface area contributed by atoms with Crippen LogP contribution in [0.25, 0.3) is 0 Å². The van der Waals surface area contributed by atoms with E-state index in [1.54, 1.807) is 0 Å². The Morgan fingerprint density at radius 1 is 1.36 bits per heavy atom. The Bertz CT molecular complexity index is 373. The Kier molecular flexibility index (Phi) is 2.28. The molecular weight excluding hydrogens is 180 g/mol. The molecule has 1 aliphatic heterocycles. The zero-order valence-corrected chi connectivity index (χ0v) is 7.47. The van der Waals surface area contributed by atoms with Gasteiger partial charge in [0.15, 0.2) is 0 Å². The smallest absolute Gasteiger partial charge is 0.269 e. The average Bonchev–Trinajstić information content (AvgIpc) is 2.23. The molecule has 0 saturated heterocycles. The maximum absolute atomic E-state index is 10.9. The number of nitrogens with one attached hydrogen (secondary N) is 1.